The summed E-state index contributed by atoms with van der Waals surface area (Å²) in [6, 6.07) is 17.0. The molecule has 2 heterocycles. The summed E-state index contributed by atoms with van der Waals surface area (Å²) in [6.07, 6.45) is 1.72. The van der Waals surface area contributed by atoms with Crippen LogP contribution in [0.25, 0.3) is 21.5 Å². The average molecular weight is 380 g/mol. The van der Waals surface area contributed by atoms with Crippen molar-refractivity contribution < 1.29 is 4.79 Å². The van der Waals surface area contributed by atoms with Crippen LogP contribution in [0.3, 0.4) is 0 Å². The van der Waals surface area contributed by atoms with Crippen molar-refractivity contribution in [1.29, 1.82) is 0 Å². The maximum Gasteiger partial charge on any atom is 0.267 e. The number of pyridine rings is 1. The van der Waals surface area contributed by atoms with Crippen LogP contribution in [0.5, 0.6) is 0 Å². The lowest BCUT2D eigenvalue weighted by molar-refractivity contribution is 0.103. The molecule has 4 rings (SSSR count). The third kappa shape index (κ3) is 3.19. The zero-order valence-corrected chi connectivity index (χ0v) is 15.4. The van der Waals surface area contributed by atoms with E-state index in [0.717, 1.165) is 21.5 Å². The Bertz CT molecular complexity index is 1120. The zero-order valence-electron chi connectivity index (χ0n) is 13.9. The molecule has 0 bridgehead atoms. The normalized spacial score (nSPS) is 10.8. The van der Waals surface area contributed by atoms with E-state index in [1.54, 1.807) is 6.20 Å². The number of fused-ring (bicyclic) bond motifs is 1. The summed E-state index contributed by atoms with van der Waals surface area (Å²) in [6.45, 7) is 1.83. The SMILES string of the molecule is Cc1nc(-c2cccc(Cl)c2)sc1C(=O)Nc1cccc2cccnc12. The molecule has 2 aromatic carbocycles. The second-order valence-corrected chi connectivity index (χ2v) is 7.21. The molecule has 1 amide bonds. The third-order valence-electron chi connectivity index (χ3n) is 3.96. The number of rotatable bonds is 3. The molecular formula is C20H14ClN3OS. The van der Waals surface area contributed by atoms with Crippen molar-refractivity contribution in [1.82, 2.24) is 9.97 Å². The highest BCUT2D eigenvalue weighted by atomic mass is 35.5. The molecule has 0 radical (unpaired) electrons. The number of para-hydroxylation sites is 1. The van der Waals surface area contributed by atoms with Gasteiger partial charge in [-0.2, -0.15) is 0 Å². The second-order valence-electron chi connectivity index (χ2n) is 5.78. The van der Waals surface area contributed by atoms with Gasteiger partial charge >= 0.3 is 0 Å². The number of carbonyl (C=O) groups is 1. The van der Waals surface area contributed by atoms with Gasteiger partial charge in [0.15, 0.2) is 0 Å². The van der Waals surface area contributed by atoms with Gasteiger partial charge in [-0.05, 0) is 31.2 Å². The Morgan fingerprint density at radius 2 is 1.92 bits per heavy atom. The summed E-state index contributed by atoms with van der Waals surface area (Å²) in [5, 5.41) is 5.35. The van der Waals surface area contributed by atoms with Crippen LogP contribution in [0, 0.1) is 6.92 Å². The molecule has 2 aromatic heterocycles. The van der Waals surface area contributed by atoms with E-state index in [0.29, 0.717) is 21.3 Å². The Labute approximate surface area is 159 Å². The first-order valence-corrected chi connectivity index (χ1v) is 9.20. The molecule has 4 aromatic rings. The number of amides is 1. The standard InChI is InChI=1S/C20H14ClN3OS/c1-12-18(26-20(23-12)14-6-2-8-15(21)11-14)19(25)24-16-9-3-5-13-7-4-10-22-17(13)16/h2-11H,1H3,(H,24,25). The lowest BCUT2D eigenvalue weighted by Crippen LogP contribution is -2.12. The second kappa shape index (κ2) is 6.86. The van der Waals surface area contributed by atoms with Crippen molar-refractivity contribution in [2.45, 2.75) is 6.92 Å². The van der Waals surface area contributed by atoms with Crippen molar-refractivity contribution in [3.8, 4) is 10.6 Å². The Hall–Kier alpha value is -2.76. The molecule has 4 nitrogen and oxygen atoms in total. The van der Waals surface area contributed by atoms with Gasteiger partial charge in [0.2, 0.25) is 0 Å². The lowest BCUT2D eigenvalue weighted by atomic mass is 10.2. The highest BCUT2D eigenvalue weighted by Gasteiger charge is 2.17. The van der Waals surface area contributed by atoms with Crippen molar-refractivity contribution in [2.75, 3.05) is 5.32 Å². The van der Waals surface area contributed by atoms with Gasteiger partial charge in [0, 0.05) is 22.2 Å². The van der Waals surface area contributed by atoms with Gasteiger partial charge in [0.25, 0.3) is 5.91 Å². The van der Waals surface area contributed by atoms with E-state index < -0.39 is 0 Å². The van der Waals surface area contributed by atoms with Crippen molar-refractivity contribution in [3.63, 3.8) is 0 Å². The summed E-state index contributed by atoms with van der Waals surface area (Å²) in [7, 11) is 0. The molecule has 0 atom stereocenters. The molecule has 26 heavy (non-hydrogen) atoms. The lowest BCUT2D eigenvalue weighted by Gasteiger charge is -2.07. The number of thiazole rings is 1. The minimum absolute atomic E-state index is 0.188. The monoisotopic (exact) mass is 379 g/mol. The molecule has 0 aliphatic carbocycles. The molecule has 0 saturated heterocycles. The minimum atomic E-state index is -0.188. The van der Waals surface area contributed by atoms with Crippen LogP contribution in [0.15, 0.2) is 60.8 Å². The summed E-state index contributed by atoms with van der Waals surface area (Å²) in [5.41, 5.74) is 3.04. The third-order valence-corrected chi connectivity index (χ3v) is 5.40. The quantitative estimate of drug-likeness (QED) is 0.506. The van der Waals surface area contributed by atoms with Crippen LogP contribution in [-0.2, 0) is 0 Å². The number of benzene rings is 2. The van der Waals surface area contributed by atoms with E-state index in [1.807, 2.05) is 61.5 Å². The molecular weight excluding hydrogens is 366 g/mol. The summed E-state index contributed by atoms with van der Waals surface area (Å²) < 4.78 is 0. The Morgan fingerprint density at radius 1 is 1.12 bits per heavy atom. The predicted molar refractivity (Wildman–Crippen MR) is 107 cm³/mol. The number of nitrogens with zero attached hydrogens (tertiary/aromatic N) is 2. The fraction of sp³-hybridized carbons (Fsp3) is 0.0500. The first-order chi connectivity index (χ1) is 12.6. The molecule has 1 N–H and O–H groups in total. The fourth-order valence-electron chi connectivity index (χ4n) is 2.74. The number of nitrogens with one attached hydrogen (secondary N) is 1. The highest BCUT2D eigenvalue weighted by Crippen LogP contribution is 2.30. The zero-order chi connectivity index (χ0) is 18.1. The molecule has 0 spiro atoms. The van der Waals surface area contributed by atoms with Crippen molar-refractivity contribution in [2.24, 2.45) is 0 Å². The van der Waals surface area contributed by atoms with Gasteiger partial charge in [0.05, 0.1) is 16.9 Å². The molecule has 6 heteroatoms. The van der Waals surface area contributed by atoms with Crippen LogP contribution < -0.4 is 5.32 Å². The number of aryl methyl sites for hydroxylation is 1. The van der Waals surface area contributed by atoms with Gasteiger partial charge in [-0.1, -0.05) is 41.9 Å². The largest absolute Gasteiger partial charge is 0.319 e. The van der Waals surface area contributed by atoms with E-state index in [1.165, 1.54) is 11.3 Å². The van der Waals surface area contributed by atoms with Gasteiger partial charge < -0.3 is 5.32 Å². The predicted octanol–water partition coefficient (Wildman–Crippen LogP) is 5.57. The number of hydrogen-bond donors (Lipinski definition) is 1. The maximum atomic E-state index is 12.8. The first-order valence-electron chi connectivity index (χ1n) is 8.00. The Kier molecular flexibility index (Phi) is 4.41. The Balaban J connectivity index is 1.66. The van der Waals surface area contributed by atoms with Gasteiger partial charge in [-0.3, -0.25) is 9.78 Å². The number of anilines is 1. The van der Waals surface area contributed by atoms with Gasteiger partial charge in [-0.25, -0.2) is 4.98 Å². The van der Waals surface area contributed by atoms with Crippen LogP contribution in [-0.4, -0.2) is 15.9 Å². The van der Waals surface area contributed by atoms with Gasteiger partial charge in [0.1, 0.15) is 9.88 Å². The number of carbonyl (C=O) groups excluding carboxylic acids is 1. The molecule has 0 fully saturated rings. The van der Waals surface area contributed by atoms with E-state index in [2.05, 4.69) is 15.3 Å². The van der Waals surface area contributed by atoms with Crippen molar-refractivity contribution >= 4 is 45.4 Å². The summed E-state index contributed by atoms with van der Waals surface area (Å²) in [4.78, 5) is 22.3. The molecule has 0 saturated carbocycles. The minimum Gasteiger partial charge on any atom is -0.319 e. The molecule has 0 unspecified atom stereocenters. The highest BCUT2D eigenvalue weighted by molar-refractivity contribution is 7.17. The van der Waals surface area contributed by atoms with Gasteiger partial charge in [-0.15, -0.1) is 11.3 Å². The van der Waals surface area contributed by atoms with Crippen LogP contribution in [0.2, 0.25) is 5.02 Å². The smallest absolute Gasteiger partial charge is 0.267 e. The molecule has 0 aliphatic heterocycles. The Morgan fingerprint density at radius 3 is 2.77 bits per heavy atom. The number of aromatic nitrogens is 2. The van der Waals surface area contributed by atoms with E-state index >= 15 is 0 Å². The first kappa shape index (κ1) is 16.7. The summed E-state index contributed by atoms with van der Waals surface area (Å²) >= 11 is 7.41. The fourth-order valence-corrected chi connectivity index (χ4v) is 3.88. The van der Waals surface area contributed by atoms with Crippen LogP contribution in [0.4, 0.5) is 5.69 Å². The topological polar surface area (TPSA) is 54.9 Å². The van der Waals surface area contributed by atoms with E-state index in [4.69, 9.17) is 11.6 Å². The molecule has 0 aliphatic rings. The summed E-state index contributed by atoms with van der Waals surface area (Å²) in [5.74, 6) is -0.188. The number of halogens is 1. The van der Waals surface area contributed by atoms with Crippen LogP contribution >= 0.6 is 22.9 Å². The van der Waals surface area contributed by atoms with E-state index in [9.17, 15) is 4.79 Å². The molecule has 128 valence electrons. The number of hydrogen-bond acceptors (Lipinski definition) is 4. The average Bonchev–Trinajstić information content (AvgIpc) is 3.04. The van der Waals surface area contributed by atoms with Crippen LogP contribution in [0.1, 0.15) is 15.4 Å². The van der Waals surface area contributed by atoms with Crippen molar-refractivity contribution in [3.05, 3.63) is 76.4 Å². The maximum absolute atomic E-state index is 12.8. The van der Waals surface area contributed by atoms with E-state index in [-0.39, 0.29) is 5.91 Å².